The summed E-state index contributed by atoms with van der Waals surface area (Å²) in [5.41, 5.74) is 3.14. The molecule has 1 unspecified atom stereocenters. The molecule has 2 rings (SSSR count). The molecule has 1 aromatic carbocycles. The van der Waals surface area contributed by atoms with Gasteiger partial charge in [0, 0.05) is 25.0 Å². The van der Waals surface area contributed by atoms with Crippen molar-refractivity contribution in [2.24, 2.45) is 0 Å². The van der Waals surface area contributed by atoms with E-state index in [-0.39, 0.29) is 0 Å². The number of aromatic nitrogens is 1. The fraction of sp³-hybridized carbons (Fsp3) is 0.389. The molecular weight excluding hydrogens is 258 g/mol. The second-order valence-corrected chi connectivity index (χ2v) is 5.30. The fourth-order valence-corrected chi connectivity index (χ4v) is 2.54. The van der Waals surface area contributed by atoms with Gasteiger partial charge in [-0.05, 0) is 42.6 Å². The molecule has 0 bridgehead atoms. The summed E-state index contributed by atoms with van der Waals surface area (Å²) in [5, 5.41) is 12.7. The largest absolute Gasteiger partial charge is 0.350 e. The highest BCUT2D eigenvalue weighted by atomic mass is 15.0. The van der Waals surface area contributed by atoms with Crippen molar-refractivity contribution >= 4 is 0 Å². The maximum atomic E-state index is 9.16. The van der Waals surface area contributed by atoms with Crippen LogP contribution in [0.1, 0.15) is 49.4 Å². The second-order valence-electron chi connectivity index (χ2n) is 5.30. The molecule has 0 spiro atoms. The molecule has 1 aromatic heterocycles. The predicted molar refractivity (Wildman–Crippen MR) is 86.0 cm³/mol. The van der Waals surface area contributed by atoms with Crippen molar-refractivity contribution < 1.29 is 0 Å². The first kappa shape index (κ1) is 15.3. The summed E-state index contributed by atoms with van der Waals surface area (Å²) < 4.78 is 2.15. The first-order valence-corrected chi connectivity index (χ1v) is 7.65. The molecule has 0 aliphatic carbocycles. The molecule has 2 aromatic rings. The summed E-state index contributed by atoms with van der Waals surface area (Å²) in [6, 6.07) is 12.6. The van der Waals surface area contributed by atoms with Crippen molar-refractivity contribution in [2.45, 2.75) is 39.3 Å². The summed E-state index contributed by atoms with van der Waals surface area (Å²) in [4.78, 5) is 0. The highest BCUT2D eigenvalue weighted by Crippen LogP contribution is 2.18. The van der Waals surface area contributed by atoms with Crippen LogP contribution in [-0.4, -0.2) is 11.1 Å². The number of nitriles is 1. The van der Waals surface area contributed by atoms with Crippen LogP contribution in [0.4, 0.5) is 0 Å². The zero-order valence-electron chi connectivity index (χ0n) is 12.8. The molecule has 1 heterocycles. The van der Waals surface area contributed by atoms with Gasteiger partial charge in [0.25, 0.3) is 0 Å². The van der Waals surface area contributed by atoms with Crippen LogP contribution < -0.4 is 5.32 Å². The van der Waals surface area contributed by atoms with Gasteiger partial charge in [-0.1, -0.05) is 32.0 Å². The van der Waals surface area contributed by atoms with E-state index >= 15 is 0 Å². The van der Waals surface area contributed by atoms with E-state index in [1.54, 1.807) is 0 Å². The lowest BCUT2D eigenvalue weighted by Crippen LogP contribution is -2.21. The van der Waals surface area contributed by atoms with E-state index in [9.17, 15) is 0 Å². The van der Waals surface area contributed by atoms with Gasteiger partial charge in [0.15, 0.2) is 0 Å². The highest BCUT2D eigenvalue weighted by Gasteiger charge is 2.10. The number of nitrogens with one attached hydrogen (secondary N) is 1. The average molecular weight is 281 g/mol. The summed E-state index contributed by atoms with van der Waals surface area (Å²) in [6.45, 7) is 6.17. The lowest BCUT2D eigenvalue weighted by molar-refractivity contribution is 0.517. The van der Waals surface area contributed by atoms with E-state index in [1.165, 1.54) is 5.56 Å². The molecule has 1 atom stereocenters. The minimum Gasteiger partial charge on any atom is -0.350 e. The van der Waals surface area contributed by atoms with Gasteiger partial charge < -0.3 is 9.88 Å². The van der Waals surface area contributed by atoms with Crippen molar-refractivity contribution in [1.29, 1.82) is 5.26 Å². The van der Waals surface area contributed by atoms with Crippen molar-refractivity contribution in [1.82, 2.24) is 9.88 Å². The molecular formula is C18H23N3. The van der Waals surface area contributed by atoms with Crippen LogP contribution in [0.2, 0.25) is 0 Å². The summed E-state index contributed by atoms with van der Waals surface area (Å²) in [5.74, 6) is 0. The Morgan fingerprint density at radius 1 is 1.24 bits per heavy atom. The molecule has 3 heteroatoms. The third kappa shape index (κ3) is 3.96. The molecule has 0 aliphatic heterocycles. The van der Waals surface area contributed by atoms with Gasteiger partial charge >= 0.3 is 0 Å². The van der Waals surface area contributed by atoms with Crippen molar-refractivity contribution in [2.75, 3.05) is 6.54 Å². The Hall–Kier alpha value is -2.05. The van der Waals surface area contributed by atoms with Crippen molar-refractivity contribution in [3.05, 3.63) is 59.4 Å². The minimum absolute atomic E-state index is 0.414. The first-order valence-electron chi connectivity index (χ1n) is 7.65. The Labute approximate surface area is 127 Å². The van der Waals surface area contributed by atoms with E-state index in [0.717, 1.165) is 37.1 Å². The Morgan fingerprint density at radius 2 is 2.05 bits per heavy atom. The number of benzene rings is 1. The summed E-state index contributed by atoms with van der Waals surface area (Å²) >= 11 is 0. The average Bonchev–Trinajstić information content (AvgIpc) is 2.97. The standard InChI is InChI=1S/C18H23N3/c1-3-10-20-18(4-2)17-9-11-21(14-17)13-16-8-6-5-7-15(16)12-19/h5-9,11,14,18,20H,3-4,10,13H2,1-2H3. The van der Waals surface area contributed by atoms with Gasteiger partial charge in [0.05, 0.1) is 11.6 Å². The fourth-order valence-electron chi connectivity index (χ4n) is 2.54. The maximum Gasteiger partial charge on any atom is 0.0995 e. The quantitative estimate of drug-likeness (QED) is 0.837. The van der Waals surface area contributed by atoms with Crippen LogP contribution in [0.3, 0.4) is 0 Å². The maximum absolute atomic E-state index is 9.16. The Morgan fingerprint density at radius 3 is 2.76 bits per heavy atom. The third-order valence-corrected chi connectivity index (χ3v) is 3.72. The summed E-state index contributed by atoms with van der Waals surface area (Å²) in [7, 11) is 0. The molecule has 0 radical (unpaired) electrons. The summed E-state index contributed by atoms with van der Waals surface area (Å²) in [6.07, 6.45) is 6.51. The zero-order valence-corrected chi connectivity index (χ0v) is 12.8. The molecule has 21 heavy (non-hydrogen) atoms. The van der Waals surface area contributed by atoms with Crippen LogP contribution in [0.5, 0.6) is 0 Å². The van der Waals surface area contributed by atoms with Crippen LogP contribution in [0, 0.1) is 11.3 Å². The van der Waals surface area contributed by atoms with Gasteiger partial charge in [-0.15, -0.1) is 0 Å². The van der Waals surface area contributed by atoms with Crippen molar-refractivity contribution in [3.8, 4) is 6.07 Å². The topological polar surface area (TPSA) is 40.8 Å². The number of hydrogen-bond donors (Lipinski definition) is 1. The molecule has 0 fully saturated rings. The first-order chi connectivity index (χ1) is 10.3. The zero-order chi connectivity index (χ0) is 15.1. The molecule has 3 nitrogen and oxygen atoms in total. The Balaban J connectivity index is 2.11. The number of rotatable bonds is 7. The lowest BCUT2D eigenvalue weighted by Gasteiger charge is -2.15. The van der Waals surface area contributed by atoms with Gasteiger partial charge in [0.2, 0.25) is 0 Å². The van der Waals surface area contributed by atoms with E-state index in [2.05, 4.69) is 48.3 Å². The normalized spacial score (nSPS) is 12.0. The van der Waals surface area contributed by atoms with Crippen LogP contribution in [0.25, 0.3) is 0 Å². The molecule has 1 N–H and O–H groups in total. The lowest BCUT2D eigenvalue weighted by atomic mass is 10.1. The number of nitrogens with zero attached hydrogens (tertiary/aromatic N) is 2. The van der Waals surface area contributed by atoms with Gasteiger partial charge in [-0.2, -0.15) is 5.26 Å². The monoisotopic (exact) mass is 281 g/mol. The molecule has 0 amide bonds. The minimum atomic E-state index is 0.414. The predicted octanol–water partition coefficient (Wildman–Crippen LogP) is 3.86. The number of hydrogen-bond acceptors (Lipinski definition) is 2. The van der Waals surface area contributed by atoms with Crippen LogP contribution in [-0.2, 0) is 6.54 Å². The van der Waals surface area contributed by atoms with Crippen molar-refractivity contribution in [3.63, 3.8) is 0 Å². The Kier molecular flexibility index (Phi) is 5.59. The SMILES string of the molecule is CCCNC(CC)c1ccn(Cc2ccccc2C#N)c1. The van der Waals surface area contributed by atoms with Gasteiger partial charge in [-0.25, -0.2) is 0 Å². The third-order valence-electron chi connectivity index (χ3n) is 3.72. The second kappa shape index (κ2) is 7.66. The highest BCUT2D eigenvalue weighted by molar-refractivity contribution is 5.37. The van der Waals surface area contributed by atoms with E-state index in [4.69, 9.17) is 5.26 Å². The smallest absolute Gasteiger partial charge is 0.0995 e. The van der Waals surface area contributed by atoms with E-state index in [0.29, 0.717) is 6.04 Å². The van der Waals surface area contributed by atoms with Gasteiger partial charge in [-0.3, -0.25) is 0 Å². The van der Waals surface area contributed by atoms with E-state index < -0.39 is 0 Å². The van der Waals surface area contributed by atoms with Crippen LogP contribution >= 0.6 is 0 Å². The molecule has 0 aliphatic rings. The van der Waals surface area contributed by atoms with Crippen LogP contribution in [0.15, 0.2) is 42.7 Å². The Bertz CT molecular complexity index is 607. The van der Waals surface area contributed by atoms with E-state index in [1.807, 2.05) is 24.3 Å². The van der Waals surface area contributed by atoms with Gasteiger partial charge in [0.1, 0.15) is 0 Å². The molecule has 110 valence electrons. The molecule has 0 saturated heterocycles. The molecule has 0 saturated carbocycles.